The molecule has 0 aliphatic carbocycles. The monoisotopic (exact) mass is 519 g/mol. The van der Waals surface area contributed by atoms with Gasteiger partial charge < -0.3 is 24.8 Å². The lowest BCUT2D eigenvalue weighted by molar-refractivity contribution is -0.137. The predicted octanol–water partition coefficient (Wildman–Crippen LogP) is 3.31. The molecule has 0 aliphatic rings. The molecule has 0 spiro atoms. The van der Waals surface area contributed by atoms with Crippen molar-refractivity contribution in [1.29, 1.82) is 0 Å². The van der Waals surface area contributed by atoms with E-state index in [9.17, 15) is 13.2 Å². The smallest absolute Gasteiger partial charge is 0.416 e. The van der Waals surface area contributed by atoms with E-state index in [0.717, 1.165) is 18.6 Å². The Labute approximate surface area is 181 Å². The van der Waals surface area contributed by atoms with Crippen LogP contribution in [0.3, 0.4) is 0 Å². The highest BCUT2D eigenvalue weighted by Gasteiger charge is 2.30. The van der Waals surface area contributed by atoms with Gasteiger partial charge in [-0.15, -0.1) is 24.0 Å². The number of nitrogens with zero attached hydrogens (tertiary/aromatic N) is 1. The molecular formula is C18H29F3IN3O3. The molecule has 28 heavy (non-hydrogen) atoms. The average molecular weight is 519 g/mol. The summed E-state index contributed by atoms with van der Waals surface area (Å²) < 4.78 is 53.6. The number of guanidine groups is 1. The van der Waals surface area contributed by atoms with Gasteiger partial charge in [0.05, 0.1) is 25.3 Å². The summed E-state index contributed by atoms with van der Waals surface area (Å²) >= 11 is 0. The number of rotatable bonds is 12. The Morgan fingerprint density at radius 2 is 1.89 bits per heavy atom. The highest BCUT2D eigenvalue weighted by molar-refractivity contribution is 14.0. The molecule has 0 radical (unpaired) electrons. The van der Waals surface area contributed by atoms with Gasteiger partial charge in [-0.05, 0) is 31.5 Å². The molecule has 0 bridgehead atoms. The van der Waals surface area contributed by atoms with Crippen molar-refractivity contribution >= 4 is 29.9 Å². The van der Waals surface area contributed by atoms with Gasteiger partial charge >= 0.3 is 6.18 Å². The number of alkyl halides is 3. The van der Waals surface area contributed by atoms with Crippen LogP contribution in [0.1, 0.15) is 18.9 Å². The molecule has 6 nitrogen and oxygen atoms in total. The Kier molecular flexibility index (Phi) is 14.9. The number of hydrogen-bond acceptors (Lipinski definition) is 4. The van der Waals surface area contributed by atoms with E-state index in [1.54, 1.807) is 7.11 Å². The van der Waals surface area contributed by atoms with E-state index in [0.29, 0.717) is 45.4 Å². The van der Waals surface area contributed by atoms with Gasteiger partial charge in [-0.3, -0.25) is 4.99 Å². The zero-order valence-electron chi connectivity index (χ0n) is 16.2. The number of methoxy groups -OCH3 is 1. The Hall–Kier alpha value is -1.27. The van der Waals surface area contributed by atoms with Crippen LogP contribution >= 0.6 is 24.0 Å². The summed E-state index contributed by atoms with van der Waals surface area (Å²) in [5.41, 5.74) is -0.726. The summed E-state index contributed by atoms with van der Waals surface area (Å²) in [5.74, 6) is 0.809. The lowest BCUT2D eigenvalue weighted by Crippen LogP contribution is -2.39. The third kappa shape index (κ3) is 12.2. The van der Waals surface area contributed by atoms with Crippen LogP contribution in [0.2, 0.25) is 0 Å². The molecule has 0 atom stereocenters. The van der Waals surface area contributed by atoms with Crippen molar-refractivity contribution < 1.29 is 27.4 Å². The second-order valence-electron chi connectivity index (χ2n) is 5.52. The van der Waals surface area contributed by atoms with Gasteiger partial charge in [-0.25, -0.2) is 0 Å². The summed E-state index contributed by atoms with van der Waals surface area (Å²) in [6.07, 6.45) is -3.60. The van der Waals surface area contributed by atoms with Crippen LogP contribution in [0.5, 0.6) is 5.75 Å². The molecule has 0 amide bonds. The second kappa shape index (κ2) is 15.6. The molecule has 1 rings (SSSR count). The molecule has 0 aliphatic heterocycles. The first kappa shape index (κ1) is 26.7. The molecule has 0 fully saturated rings. The molecule has 0 saturated carbocycles. The molecule has 0 heterocycles. The van der Waals surface area contributed by atoms with Crippen molar-refractivity contribution in [3.05, 3.63) is 29.8 Å². The molecule has 2 N–H and O–H groups in total. The van der Waals surface area contributed by atoms with E-state index in [1.807, 2.05) is 6.92 Å². The first-order chi connectivity index (χ1) is 13.0. The molecule has 10 heteroatoms. The van der Waals surface area contributed by atoms with Crippen molar-refractivity contribution in [2.45, 2.75) is 19.5 Å². The van der Waals surface area contributed by atoms with E-state index in [-0.39, 0.29) is 36.3 Å². The molecule has 0 saturated heterocycles. The number of benzene rings is 1. The van der Waals surface area contributed by atoms with Gasteiger partial charge in [0.1, 0.15) is 12.4 Å². The standard InChI is InChI=1S/C18H28F3N3O3.HI/c1-3-22-17(23-8-5-10-26-13-12-25-2)24-9-11-27-16-7-4-6-15(14-16)18(19,20)21;/h4,6-7,14H,3,5,8-13H2,1-2H3,(H2,22,23,24);1H. The molecule has 1 aromatic carbocycles. The molecule has 0 unspecified atom stereocenters. The van der Waals surface area contributed by atoms with Gasteiger partial charge in [0, 0.05) is 26.8 Å². The maximum atomic E-state index is 12.7. The number of halogens is 4. The van der Waals surface area contributed by atoms with Gasteiger partial charge in [0.2, 0.25) is 0 Å². The molecule has 1 aromatic rings. The first-order valence-electron chi connectivity index (χ1n) is 8.86. The Balaban J connectivity index is 0.00000729. The van der Waals surface area contributed by atoms with Crippen LogP contribution in [0.4, 0.5) is 13.2 Å². The quantitative estimate of drug-likeness (QED) is 0.192. The fraction of sp³-hybridized carbons (Fsp3) is 0.611. The zero-order valence-corrected chi connectivity index (χ0v) is 18.5. The minimum atomic E-state index is -4.38. The van der Waals surface area contributed by atoms with Crippen molar-refractivity contribution in [2.75, 3.05) is 53.2 Å². The third-order valence-corrected chi connectivity index (χ3v) is 3.32. The van der Waals surface area contributed by atoms with Crippen LogP contribution in [-0.2, 0) is 15.7 Å². The highest BCUT2D eigenvalue weighted by atomic mass is 127. The van der Waals surface area contributed by atoms with Gasteiger partial charge in [0.15, 0.2) is 5.96 Å². The van der Waals surface area contributed by atoms with E-state index < -0.39 is 11.7 Å². The molecular weight excluding hydrogens is 490 g/mol. The van der Waals surface area contributed by atoms with Gasteiger partial charge in [0.25, 0.3) is 0 Å². The maximum Gasteiger partial charge on any atom is 0.416 e. The average Bonchev–Trinajstić information content (AvgIpc) is 2.64. The molecule has 0 aromatic heterocycles. The van der Waals surface area contributed by atoms with Crippen molar-refractivity contribution in [3.63, 3.8) is 0 Å². The number of aliphatic imine (C=N–C) groups is 1. The third-order valence-electron chi connectivity index (χ3n) is 3.32. The number of hydrogen-bond donors (Lipinski definition) is 2. The lowest BCUT2D eigenvalue weighted by Gasteiger charge is -2.13. The van der Waals surface area contributed by atoms with Crippen molar-refractivity contribution in [2.24, 2.45) is 4.99 Å². The van der Waals surface area contributed by atoms with Crippen LogP contribution < -0.4 is 15.4 Å². The predicted molar refractivity (Wildman–Crippen MR) is 114 cm³/mol. The van der Waals surface area contributed by atoms with Crippen LogP contribution in [0.25, 0.3) is 0 Å². The maximum absolute atomic E-state index is 12.7. The molecule has 162 valence electrons. The van der Waals surface area contributed by atoms with Crippen molar-refractivity contribution in [1.82, 2.24) is 10.6 Å². The second-order valence-corrected chi connectivity index (χ2v) is 5.52. The number of nitrogens with one attached hydrogen (secondary N) is 2. The lowest BCUT2D eigenvalue weighted by atomic mass is 10.2. The van der Waals surface area contributed by atoms with Crippen molar-refractivity contribution in [3.8, 4) is 5.75 Å². The summed E-state index contributed by atoms with van der Waals surface area (Å²) in [7, 11) is 1.62. The first-order valence-corrected chi connectivity index (χ1v) is 8.86. The number of ether oxygens (including phenoxy) is 3. The fourth-order valence-electron chi connectivity index (χ4n) is 2.04. The van der Waals surface area contributed by atoms with Gasteiger partial charge in [-0.2, -0.15) is 13.2 Å². The van der Waals surface area contributed by atoms with E-state index in [1.165, 1.54) is 12.1 Å². The van der Waals surface area contributed by atoms with Gasteiger partial charge in [-0.1, -0.05) is 6.07 Å². The summed E-state index contributed by atoms with van der Waals surface area (Å²) in [5, 5.41) is 6.17. The van der Waals surface area contributed by atoms with E-state index in [2.05, 4.69) is 15.6 Å². The SMILES string of the molecule is CCNC(=NCCCOCCOC)NCCOc1cccc(C(F)(F)F)c1.I. The van der Waals surface area contributed by atoms with Crippen LogP contribution in [0.15, 0.2) is 29.3 Å². The van der Waals surface area contributed by atoms with E-state index in [4.69, 9.17) is 14.2 Å². The summed E-state index contributed by atoms with van der Waals surface area (Å²) in [4.78, 5) is 4.40. The minimum absolute atomic E-state index is 0. The zero-order chi connectivity index (χ0) is 20.0. The Bertz CT molecular complexity index is 560. The topological polar surface area (TPSA) is 64.1 Å². The fourth-order valence-corrected chi connectivity index (χ4v) is 2.04. The largest absolute Gasteiger partial charge is 0.492 e. The normalized spacial score (nSPS) is 11.7. The minimum Gasteiger partial charge on any atom is -0.492 e. The summed E-state index contributed by atoms with van der Waals surface area (Å²) in [6, 6.07) is 4.83. The summed E-state index contributed by atoms with van der Waals surface area (Å²) in [6.45, 7) is 5.60. The van der Waals surface area contributed by atoms with Crippen LogP contribution in [0, 0.1) is 0 Å². The Morgan fingerprint density at radius 1 is 1.11 bits per heavy atom. The Morgan fingerprint density at radius 3 is 2.57 bits per heavy atom. The highest BCUT2D eigenvalue weighted by Crippen LogP contribution is 2.31. The van der Waals surface area contributed by atoms with Crippen LogP contribution in [-0.4, -0.2) is 59.1 Å². The van der Waals surface area contributed by atoms with E-state index >= 15 is 0 Å².